The molecule has 2 nitrogen and oxygen atoms in total. The van der Waals surface area contributed by atoms with Crippen molar-refractivity contribution >= 4 is 17.5 Å². The van der Waals surface area contributed by atoms with Crippen LogP contribution in [-0.2, 0) is 0 Å². The number of halogens is 2. The molecule has 0 aliphatic rings. The summed E-state index contributed by atoms with van der Waals surface area (Å²) in [5.74, 6) is -1.06. The van der Waals surface area contributed by atoms with Crippen LogP contribution in [0.5, 0.6) is 0 Å². The van der Waals surface area contributed by atoms with Gasteiger partial charge in [0.2, 0.25) is 0 Å². The maximum Gasteiger partial charge on any atom is 0.254 e. The second-order valence-corrected chi connectivity index (χ2v) is 6.05. The summed E-state index contributed by atoms with van der Waals surface area (Å²) < 4.78 is 13.8. The summed E-state index contributed by atoms with van der Waals surface area (Å²) in [7, 11) is 0. The van der Waals surface area contributed by atoms with Crippen molar-refractivity contribution in [1.29, 1.82) is 0 Å². The number of hydrogen-bond acceptors (Lipinski definition) is 1. The molecule has 0 aromatic heterocycles. The third kappa shape index (κ3) is 3.47. The normalized spacial score (nSPS) is 12.1. The Morgan fingerprint density at radius 2 is 1.73 bits per heavy atom. The Bertz CT molecular complexity index is 727. The fraction of sp³-hybridized carbons (Fsp3) is 0.278. The summed E-state index contributed by atoms with van der Waals surface area (Å²) in [4.78, 5) is 12.2. The molecule has 0 unspecified atom stereocenters. The highest BCUT2D eigenvalue weighted by Gasteiger charge is 2.17. The van der Waals surface area contributed by atoms with Crippen molar-refractivity contribution in [2.45, 2.75) is 33.7 Å². The van der Waals surface area contributed by atoms with Gasteiger partial charge in [0.25, 0.3) is 5.91 Å². The molecule has 2 rings (SSSR count). The Morgan fingerprint density at radius 3 is 2.36 bits per heavy atom. The smallest absolute Gasteiger partial charge is 0.254 e. The van der Waals surface area contributed by atoms with E-state index in [9.17, 15) is 9.18 Å². The van der Waals surface area contributed by atoms with Gasteiger partial charge in [-0.05, 0) is 68.1 Å². The molecule has 1 amide bonds. The van der Waals surface area contributed by atoms with Crippen molar-refractivity contribution in [3.63, 3.8) is 0 Å². The van der Waals surface area contributed by atoms with E-state index in [1.165, 1.54) is 23.3 Å². The molecule has 0 heterocycles. The molecule has 0 saturated carbocycles. The Morgan fingerprint density at radius 1 is 1.09 bits per heavy atom. The van der Waals surface area contributed by atoms with E-state index in [1.807, 2.05) is 20.8 Å². The highest BCUT2D eigenvalue weighted by molar-refractivity contribution is 6.30. The van der Waals surface area contributed by atoms with Crippen LogP contribution in [0.1, 0.15) is 45.6 Å². The van der Waals surface area contributed by atoms with Crippen LogP contribution in [0.15, 0.2) is 30.3 Å². The van der Waals surface area contributed by atoms with Gasteiger partial charge in [-0.3, -0.25) is 4.79 Å². The van der Waals surface area contributed by atoms with E-state index in [-0.39, 0.29) is 16.6 Å². The molecule has 0 bridgehead atoms. The third-order valence-electron chi connectivity index (χ3n) is 3.87. The molecular formula is C18H19ClFNO. The predicted octanol–water partition coefficient (Wildman–Crippen LogP) is 4.90. The van der Waals surface area contributed by atoms with Gasteiger partial charge in [0.1, 0.15) is 5.82 Å². The van der Waals surface area contributed by atoms with Crippen molar-refractivity contribution < 1.29 is 9.18 Å². The summed E-state index contributed by atoms with van der Waals surface area (Å²) >= 11 is 5.70. The van der Waals surface area contributed by atoms with Crippen LogP contribution in [0.4, 0.5) is 4.39 Å². The van der Waals surface area contributed by atoms with Gasteiger partial charge in [-0.2, -0.15) is 0 Å². The first-order valence-electron chi connectivity index (χ1n) is 7.13. The second kappa shape index (κ2) is 6.49. The molecular weight excluding hydrogens is 301 g/mol. The van der Waals surface area contributed by atoms with Crippen LogP contribution in [0.25, 0.3) is 0 Å². The lowest BCUT2D eigenvalue weighted by Gasteiger charge is -2.18. The SMILES string of the molecule is Cc1cc(C)c([C@@H](C)NC(=O)c2ccc(Cl)cc2F)cc1C. The summed E-state index contributed by atoms with van der Waals surface area (Å²) in [5.41, 5.74) is 4.51. The zero-order valence-corrected chi connectivity index (χ0v) is 13.9. The molecule has 1 atom stereocenters. The molecule has 0 saturated heterocycles. The summed E-state index contributed by atoms with van der Waals surface area (Å²) in [6, 6.07) is 7.99. The maximum absolute atomic E-state index is 13.8. The van der Waals surface area contributed by atoms with Crippen molar-refractivity contribution in [2.75, 3.05) is 0 Å². The molecule has 22 heavy (non-hydrogen) atoms. The number of carbonyl (C=O) groups excluding carboxylic acids is 1. The Balaban J connectivity index is 2.23. The molecule has 0 fully saturated rings. The lowest BCUT2D eigenvalue weighted by atomic mass is 9.96. The van der Waals surface area contributed by atoms with Gasteiger partial charge < -0.3 is 5.32 Å². The molecule has 1 N–H and O–H groups in total. The zero-order valence-electron chi connectivity index (χ0n) is 13.1. The topological polar surface area (TPSA) is 29.1 Å². The Hall–Kier alpha value is -1.87. The van der Waals surface area contributed by atoms with E-state index >= 15 is 0 Å². The fourth-order valence-corrected chi connectivity index (χ4v) is 2.63. The van der Waals surface area contributed by atoms with Gasteiger partial charge in [0.05, 0.1) is 11.6 Å². The molecule has 2 aromatic rings. The maximum atomic E-state index is 13.8. The van der Waals surface area contributed by atoms with E-state index in [4.69, 9.17) is 11.6 Å². The summed E-state index contributed by atoms with van der Waals surface area (Å²) in [6.45, 7) is 7.99. The molecule has 0 aliphatic carbocycles. The second-order valence-electron chi connectivity index (χ2n) is 5.61. The van der Waals surface area contributed by atoms with E-state index in [0.29, 0.717) is 0 Å². The van der Waals surface area contributed by atoms with Crippen molar-refractivity contribution in [1.82, 2.24) is 5.32 Å². The minimum atomic E-state index is -0.617. The average Bonchev–Trinajstić information content (AvgIpc) is 2.42. The van der Waals surface area contributed by atoms with Crippen molar-refractivity contribution in [3.8, 4) is 0 Å². The van der Waals surface area contributed by atoms with Gasteiger partial charge in [0, 0.05) is 5.02 Å². The Kier molecular flexibility index (Phi) is 4.87. The lowest BCUT2D eigenvalue weighted by molar-refractivity contribution is 0.0936. The minimum Gasteiger partial charge on any atom is -0.345 e. The monoisotopic (exact) mass is 319 g/mol. The first kappa shape index (κ1) is 16.5. The number of rotatable bonds is 3. The average molecular weight is 320 g/mol. The Labute approximate surface area is 135 Å². The van der Waals surface area contributed by atoms with Gasteiger partial charge in [0.15, 0.2) is 0 Å². The number of amides is 1. The van der Waals surface area contributed by atoms with Crippen molar-refractivity contribution in [2.24, 2.45) is 0 Å². The number of benzene rings is 2. The first-order chi connectivity index (χ1) is 10.3. The fourth-order valence-electron chi connectivity index (χ4n) is 2.48. The highest BCUT2D eigenvalue weighted by Crippen LogP contribution is 2.22. The van der Waals surface area contributed by atoms with E-state index < -0.39 is 11.7 Å². The largest absolute Gasteiger partial charge is 0.345 e. The van der Waals surface area contributed by atoms with Crippen LogP contribution in [0.3, 0.4) is 0 Å². The predicted molar refractivity (Wildman–Crippen MR) is 87.9 cm³/mol. The van der Waals surface area contributed by atoms with Crippen LogP contribution >= 0.6 is 11.6 Å². The first-order valence-corrected chi connectivity index (χ1v) is 7.51. The summed E-state index contributed by atoms with van der Waals surface area (Å²) in [6.07, 6.45) is 0. The van der Waals surface area contributed by atoms with Gasteiger partial charge in [-0.25, -0.2) is 4.39 Å². The number of hydrogen-bond donors (Lipinski definition) is 1. The van der Waals surface area contributed by atoms with Crippen LogP contribution in [0, 0.1) is 26.6 Å². The van der Waals surface area contributed by atoms with E-state index in [2.05, 4.69) is 24.4 Å². The van der Waals surface area contributed by atoms with Gasteiger partial charge in [-0.15, -0.1) is 0 Å². The zero-order chi connectivity index (χ0) is 16.4. The van der Waals surface area contributed by atoms with Crippen LogP contribution in [-0.4, -0.2) is 5.91 Å². The molecule has 116 valence electrons. The molecule has 0 radical (unpaired) electrons. The number of carbonyl (C=O) groups is 1. The number of nitrogens with one attached hydrogen (secondary N) is 1. The lowest BCUT2D eigenvalue weighted by Crippen LogP contribution is -2.28. The van der Waals surface area contributed by atoms with E-state index in [0.717, 1.165) is 17.2 Å². The number of aryl methyl sites for hydroxylation is 3. The van der Waals surface area contributed by atoms with Crippen LogP contribution < -0.4 is 5.32 Å². The third-order valence-corrected chi connectivity index (χ3v) is 4.11. The van der Waals surface area contributed by atoms with Gasteiger partial charge in [-0.1, -0.05) is 23.7 Å². The standard InChI is InChI=1S/C18H19ClFNO/c1-10-7-12(3)16(8-11(10)2)13(4)21-18(22)15-6-5-14(19)9-17(15)20/h5-9,13H,1-4H3,(H,21,22)/t13-/m1/s1. The quantitative estimate of drug-likeness (QED) is 0.857. The summed E-state index contributed by atoms with van der Waals surface area (Å²) in [5, 5.41) is 3.11. The molecule has 2 aromatic carbocycles. The molecule has 0 spiro atoms. The van der Waals surface area contributed by atoms with Gasteiger partial charge >= 0.3 is 0 Å². The van der Waals surface area contributed by atoms with Crippen LogP contribution in [0.2, 0.25) is 5.02 Å². The highest BCUT2D eigenvalue weighted by atomic mass is 35.5. The molecule has 0 aliphatic heterocycles. The van der Waals surface area contributed by atoms with E-state index in [1.54, 1.807) is 0 Å². The molecule has 4 heteroatoms. The minimum absolute atomic E-state index is 0.00210. The van der Waals surface area contributed by atoms with Crippen molar-refractivity contribution in [3.05, 3.63) is 69.0 Å².